The molecule has 1 amide bonds. The van der Waals surface area contributed by atoms with Gasteiger partial charge in [-0.1, -0.05) is 12.1 Å². The van der Waals surface area contributed by atoms with Gasteiger partial charge in [0.1, 0.15) is 5.58 Å². The molecule has 7 heteroatoms. The van der Waals surface area contributed by atoms with Crippen LogP contribution in [0, 0.1) is 13.8 Å². The third-order valence-corrected chi connectivity index (χ3v) is 5.34. The molecule has 0 spiro atoms. The first-order chi connectivity index (χ1) is 14.4. The van der Waals surface area contributed by atoms with E-state index >= 15 is 0 Å². The fourth-order valence-corrected chi connectivity index (χ4v) is 4.13. The van der Waals surface area contributed by atoms with Gasteiger partial charge in [0.2, 0.25) is 5.76 Å². The molecular formula is C23H23NO6. The van der Waals surface area contributed by atoms with E-state index in [9.17, 15) is 19.8 Å². The van der Waals surface area contributed by atoms with E-state index in [1.807, 2.05) is 19.9 Å². The molecule has 1 aromatic heterocycles. The molecule has 156 valence electrons. The van der Waals surface area contributed by atoms with Crippen molar-refractivity contribution in [3.8, 4) is 11.5 Å². The number of aliphatic hydroxyl groups excluding tert-OH is 1. The first-order valence-corrected chi connectivity index (χ1v) is 9.82. The van der Waals surface area contributed by atoms with E-state index in [4.69, 9.17) is 9.15 Å². The van der Waals surface area contributed by atoms with Crippen molar-refractivity contribution < 1.29 is 24.2 Å². The van der Waals surface area contributed by atoms with Gasteiger partial charge in [0.15, 0.2) is 16.9 Å². The highest BCUT2D eigenvalue weighted by Gasteiger charge is 2.42. The number of aromatic hydroxyl groups is 1. The zero-order valence-corrected chi connectivity index (χ0v) is 17.1. The second-order valence-corrected chi connectivity index (χ2v) is 7.42. The van der Waals surface area contributed by atoms with Crippen molar-refractivity contribution in [1.82, 2.24) is 4.90 Å². The average molecular weight is 409 g/mol. The average Bonchev–Trinajstić information content (AvgIpc) is 2.98. The summed E-state index contributed by atoms with van der Waals surface area (Å²) in [6, 6.07) is 7.63. The number of hydrogen-bond acceptors (Lipinski definition) is 6. The lowest BCUT2D eigenvalue weighted by Crippen LogP contribution is -2.32. The summed E-state index contributed by atoms with van der Waals surface area (Å²) in [5.74, 6) is -0.231. The highest BCUT2D eigenvalue weighted by molar-refractivity contribution is 5.99. The standard InChI is InChI=1S/C23H23NO6/c1-4-29-17-11-14(5-6-16(17)26)19-18-20(27)15-10-12(2)9-13(3)21(15)30-22(18)23(28)24(19)7-8-25/h5-6,9-11,19,25-26H,4,7-8H2,1-3H3/t19-/m1/s1. The molecule has 2 N–H and O–H groups in total. The Morgan fingerprint density at radius 3 is 2.63 bits per heavy atom. The highest BCUT2D eigenvalue weighted by Crippen LogP contribution is 2.40. The maximum Gasteiger partial charge on any atom is 0.290 e. The first kappa shape index (κ1) is 20.0. The number of rotatable bonds is 5. The minimum atomic E-state index is -0.749. The largest absolute Gasteiger partial charge is 0.504 e. The number of phenols is 1. The molecule has 2 aromatic carbocycles. The molecule has 7 nitrogen and oxygen atoms in total. The van der Waals surface area contributed by atoms with Crippen LogP contribution in [0.3, 0.4) is 0 Å². The van der Waals surface area contributed by atoms with Crippen LogP contribution in [0.1, 0.15) is 45.8 Å². The Kier molecular flexibility index (Phi) is 4.99. The van der Waals surface area contributed by atoms with Crippen LogP contribution in [0.5, 0.6) is 11.5 Å². The normalized spacial score (nSPS) is 15.7. The predicted molar refractivity (Wildman–Crippen MR) is 111 cm³/mol. The molecule has 0 fully saturated rings. The Hall–Kier alpha value is -3.32. The monoisotopic (exact) mass is 409 g/mol. The van der Waals surface area contributed by atoms with E-state index in [-0.39, 0.29) is 41.4 Å². The van der Waals surface area contributed by atoms with E-state index in [1.165, 1.54) is 11.0 Å². The molecule has 0 unspecified atom stereocenters. The number of aliphatic hydroxyl groups is 1. The van der Waals surface area contributed by atoms with Crippen molar-refractivity contribution in [3.63, 3.8) is 0 Å². The van der Waals surface area contributed by atoms with Gasteiger partial charge >= 0.3 is 0 Å². The van der Waals surface area contributed by atoms with Crippen molar-refractivity contribution >= 4 is 16.9 Å². The van der Waals surface area contributed by atoms with Crippen molar-refractivity contribution in [3.05, 3.63) is 68.6 Å². The van der Waals surface area contributed by atoms with Crippen LogP contribution in [0.25, 0.3) is 11.0 Å². The molecule has 2 heterocycles. The quantitative estimate of drug-likeness (QED) is 0.672. The van der Waals surface area contributed by atoms with Gasteiger partial charge in [-0.2, -0.15) is 0 Å². The molecular weight excluding hydrogens is 386 g/mol. The van der Waals surface area contributed by atoms with Gasteiger partial charge in [0.05, 0.1) is 30.2 Å². The third kappa shape index (κ3) is 3.02. The van der Waals surface area contributed by atoms with Gasteiger partial charge < -0.3 is 24.3 Å². The van der Waals surface area contributed by atoms with E-state index in [0.29, 0.717) is 23.1 Å². The number of phenolic OH excluding ortho intramolecular Hbond substituents is 1. The maximum absolute atomic E-state index is 13.5. The molecule has 4 rings (SSSR count). The second kappa shape index (κ2) is 7.50. The number of hydrogen-bond donors (Lipinski definition) is 2. The van der Waals surface area contributed by atoms with Gasteiger partial charge in [-0.25, -0.2) is 0 Å². The van der Waals surface area contributed by atoms with Crippen LogP contribution in [0.2, 0.25) is 0 Å². The summed E-state index contributed by atoms with van der Waals surface area (Å²) in [6.07, 6.45) is 0. The Bertz CT molecular complexity index is 1210. The topological polar surface area (TPSA) is 100 Å². The summed E-state index contributed by atoms with van der Waals surface area (Å²) in [4.78, 5) is 28.0. The molecule has 0 aliphatic carbocycles. The molecule has 0 radical (unpaired) electrons. The number of carbonyl (C=O) groups is 1. The van der Waals surface area contributed by atoms with E-state index < -0.39 is 11.9 Å². The number of fused-ring (bicyclic) bond motifs is 2. The smallest absolute Gasteiger partial charge is 0.290 e. The minimum absolute atomic E-state index is 0.0102. The minimum Gasteiger partial charge on any atom is -0.504 e. The lowest BCUT2D eigenvalue weighted by Gasteiger charge is -2.24. The van der Waals surface area contributed by atoms with Crippen molar-refractivity contribution in [1.29, 1.82) is 0 Å². The lowest BCUT2D eigenvalue weighted by atomic mass is 9.97. The fraction of sp³-hybridized carbons (Fsp3) is 0.304. The van der Waals surface area contributed by atoms with Crippen molar-refractivity contribution in [2.24, 2.45) is 0 Å². The third-order valence-electron chi connectivity index (χ3n) is 5.34. The number of benzene rings is 2. The highest BCUT2D eigenvalue weighted by atomic mass is 16.5. The molecule has 3 aromatic rings. The molecule has 1 aliphatic heterocycles. The van der Waals surface area contributed by atoms with E-state index in [1.54, 1.807) is 25.1 Å². The molecule has 0 saturated carbocycles. The van der Waals surface area contributed by atoms with E-state index in [2.05, 4.69) is 0 Å². The van der Waals surface area contributed by atoms with Gasteiger partial charge in [-0.15, -0.1) is 0 Å². The number of β-amino-alcohol motifs (C(OH)–C–C–N with tert-alkyl or cyclic N) is 1. The molecule has 1 aliphatic rings. The number of nitrogens with zero attached hydrogens (tertiary/aromatic N) is 1. The predicted octanol–water partition coefficient (Wildman–Crippen LogP) is 3.05. The summed E-state index contributed by atoms with van der Waals surface area (Å²) in [5, 5.41) is 20.0. The van der Waals surface area contributed by atoms with Gasteiger partial charge in [-0.3, -0.25) is 9.59 Å². The lowest BCUT2D eigenvalue weighted by molar-refractivity contribution is 0.0691. The molecule has 1 atom stereocenters. The van der Waals surface area contributed by atoms with Crippen LogP contribution in [-0.4, -0.2) is 40.8 Å². The summed E-state index contributed by atoms with van der Waals surface area (Å²) in [5.41, 5.74) is 2.64. The zero-order valence-electron chi connectivity index (χ0n) is 17.1. The van der Waals surface area contributed by atoms with Gasteiger partial charge in [0, 0.05) is 6.54 Å². The summed E-state index contributed by atoms with van der Waals surface area (Å²) in [6.45, 7) is 5.65. The Morgan fingerprint density at radius 1 is 1.17 bits per heavy atom. The van der Waals surface area contributed by atoms with E-state index in [0.717, 1.165) is 11.1 Å². The molecule has 0 saturated heterocycles. The summed E-state index contributed by atoms with van der Waals surface area (Å²) < 4.78 is 11.4. The first-order valence-electron chi connectivity index (χ1n) is 9.82. The number of aryl methyl sites for hydroxylation is 2. The zero-order chi connectivity index (χ0) is 21.6. The van der Waals surface area contributed by atoms with Gasteiger partial charge in [0.25, 0.3) is 5.91 Å². The second-order valence-electron chi connectivity index (χ2n) is 7.42. The SMILES string of the molecule is CCOc1cc([C@@H]2c3c(oc4c(C)cc(C)cc4c3=O)C(=O)N2CCO)ccc1O. The maximum atomic E-state index is 13.5. The number of amides is 1. The van der Waals surface area contributed by atoms with Crippen LogP contribution in [-0.2, 0) is 0 Å². The molecule has 30 heavy (non-hydrogen) atoms. The Labute approximate surface area is 173 Å². The van der Waals surface area contributed by atoms with Crippen molar-refractivity contribution in [2.45, 2.75) is 26.8 Å². The van der Waals surface area contributed by atoms with Gasteiger partial charge in [-0.05, 0) is 55.7 Å². The van der Waals surface area contributed by atoms with Crippen molar-refractivity contribution in [2.75, 3.05) is 19.8 Å². The van der Waals surface area contributed by atoms with Crippen LogP contribution in [0.15, 0.2) is 39.5 Å². The van der Waals surface area contributed by atoms with Crippen LogP contribution < -0.4 is 10.2 Å². The Balaban J connectivity index is 2.00. The number of ether oxygens (including phenoxy) is 1. The summed E-state index contributed by atoms with van der Waals surface area (Å²) in [7, 11) is 0. The van der Waals surface area contributed by atoms with Crippen LogP contribution >= 0.6 is 0 Å². The fourth-order valence-electron chi connectivity index (χ4n) is 4.13. The summed E-state index contributed by atoms with van der Waals surface area (Å²) >= 11 is 0. The van der Waals surface area contributed by atoms with Crippen LogP contribution in [0.4, 0.5) is 0 Å². The number of carbonyl (C=O) groups excluding carboxylic acids is 1. The Morgan fingerprint density at radius 2 is 1.93 bits per heavy atom. The molecule has 0 bridgehead atoms.